The zero-order chi connectivity index (χ0) is 15.0. The van der Waals surface area contributed by atoms with Gasteiger partial charge in [-0.3, -0.25) is 9.36 Å². The molecule has 0 radical (unpaired) electrons. The van der Waals surface area contributed by atoms with Crippen molar-refractivity contribution >= 4 is 17.0 Å². The predicted octanol–water partition coefficient (Wildman–Crippen LogP) is 3.04. The molecule has 0 spiro atoms. The molecule has 5 nitrogen and oxygen atoms in total. The van der Waals surface area contributed by atoms with E-state index in [-0.39, 0.29) is 17.6 Å². The number of anilines is 1. The van der Waals surface area contributed by atoms with Gasteiger partial charge < -0.3 is 5.32 Å². The molecule has 112 valence electrons. The Bertz CT molecular complexity index is 714. The zero-order valence-electron chi connectivity index (χ0n) is 12.9. The fourth-order valence-electron chi connectivity index (χ4n) is 3.11. The molecule has 1 aliphatic rings. The van der Waals surface area contributed by atoms with Gasteiger partial charge >= 0.3 is 0 Å². The molecule has 0 atom stereocenters. The topological polar surface area (TPSA) is 59.8 Å². The first-order valence-corrected chi connectivity index (χ1v) is 7.71. The summed E-state index contributed by atoms with van der Waals surface area (Å²) in [4.78, 5) is 21.4. The van der Waals surface area contributed by atoms with Crippen LogP contribution in [0.25, 0.3) is 11.0 Å². The van der Waals surface area contributed by atoms with Crippen molar-refractivity contribution in [3.8, 4) is 0 Å². The maximum Gasteiger partial charge on any atom is 0.252 e. The number of nitrogens with zero attached hydrogens (tertiary/aromatic N) is 3. The maximum absolute atomic E-state index is 12.5. The van der Waals surface area contributed by atoms with Crippen molar-refractivity contribution in [3.63, 3.8) is 0 Å². The van der Waals surface area contributed by atoms with Crippen molar-refractivity contribution in [3.05, 3.63) is 28.2 Å². The smallest absolute Gasteiger partial charge is 0.252 e. The van der Waals surface area contributed by atoms with E-state index in [1.54, 1.807) is 6.07 Å². The lowest BCUT2D eigenvalue weighted by Crippen LogP contribution is -2.25. The van der Waals surface area contributed by atoms with Gasteiger partial charge in [0.15, 0.2) is 0 Å². The molecule has 0 aromatic carbocycles. The molecule has 1 fully saturated rings. The second-order valence-electron chi connectivity index (χ2n) is 6.20. The largest absolute Gasteiger partial charge is 0.352 e. The fourth-order valence-corrected chi connectivity index (χ4v) is 3.11. The molecule has 0 amide bonds. The van der Waals surface area contributed by atoms with E-state index in [0.29, 0.717) is 5.95 Å². The van der Waals surface area contributed by atoms with E-state index in [1.807, 2.05) is 31.5 Å². The summed E-state index contributed by atoms with van der Waals surface area (Å²) in [6.45, 7) is 6.04. The van der Waals surface area contributed by atoms with Crippen LogP contribution in [0.4, 0.5) is 5.95 Å². The molecule has 5 heteroatoms. The predicted molar refractivity (Wildman–Crippen MR) is 84.8 cm³/mol. The average molecular weight is 286 g/mol. The third-order valence-corrected chi connectivity index (χ3v) is 4.11. The SMILES string of the molecule is Cc1cc(=O)n(C2CCCC2)c2nc(NC(C)C)ncc12. The molecule has 1 saturated carbocycles. The van der Waals surface area contributed by atoms with Gasteiger partial charge in [-0.2, -0.15) is 4.98 Å². The monoisotopic (exact) mass is 286 g/mol. The molecule has 1 N–H and O–H groups in total. The van der Waals surface area contributed by atoms with Crippen molar-refractivity contribution < 1.29 is 0 Å². The Morgan fingerprint density at radius 2 is 2.05 bits per heavy atom. The third-order valence-electron chi connectivity index (χ3n) is 4.11. The highest BCUT2D eigenvalue weighted by atomic mass is 16.1. The number of hydrogen-bond donors (Lipinski definition) is 1. The number of aryl methyl sites for hydroxylation is 1. The second-order valence-corrected chi connectivity index (χ2v) is 6.20. The third kappa shape index (κ3) is 2.64. The number of rotatable bonds is 3. The van der Waals surface area contributed by atoms with Gasteiger partial charge in [-0.15, -0.1) is 0 Å². The lowest BCUT2D eigenvalue weighted by Gasteiger charge is -2.18. The van der Waals surface area contributed by atoms with Crippen LogP contribution in [0.15, 0.2) is 17.1 Å². The van der Waals surface area contributed by atoms with E-state index in [0.717, 1.165) is 29.4 Å². The Morgan fingerprint density at radius 1 is 1.33 bits per heavy atom. The quantitative estimate of drug-likeness (QED) is 0.942. The van der Waals surface area contributed by atoms with Gasteiger partial charge in [0.2, 0.25) is 5.95 Å². The molecule has 2 aromatic rings. The minimum Gasteiger partial charge on any atom is -0.352 e. The van der Waals surface area contributed by atoms with Gasteiger partial charge in [0.05, 0.1) is 0 Å². The number of fused-ring (bicyclic) bond motifs is 1. The molecule has 1 aliphatic carbocycles. The highest BCUT2D eigenvalue weighted by Crippen LogP contribution is 2.30. The Labute approximate surface area is 124 Å². The lowest BCUT2D eigenvalue weighted by molar-refractivity contribution is 0.515. The highest BCUT2D eigenvalue weighted by molar-refractivity contribution is 5.79. The first-order valence-electron chi connectivity index (χ1n) is 7.71. The number of pyridine rings is 1. The first-order chi connectivity index (χ1) is 10.1. The van der Waals surface area contributed by atoms with Crippen LogP contribution in [-0.4, -0.2) is 20.6 Å². The second kappa shape index (κ2) is 5.47. The first kappa shape index (κ1) is 14.0. The fraction of sp³-hybridized carbons (Fsp3) is 0.562. The molecule has 0 unspecified atom stereocenters. The van der Waals surface area contributed by atoms with Crippen molar-refractivity contribution in [2.24, 2.45) is 0 Å². The van der Waals surface area contributed by atoms with Crippen molar-refractivity contribution in [1.82, 2.24) is 14.5 Å². The highest BCUT2D eigenvalue weighted by Gasteiger charge is 2.21. The van der Waals surface area contributed by atoms with Crippen LogP contribution < -0.4 is 10.9 Å². The van der Waals surface area contributed by atoms with Crippen LogP contribution in [0.5, 0.6) is 0 Å². The summed E-state index contributed by atoms with van der Waals surface area (Å²) in [6.07, 6.45) is 6.33. The maximum atomic E-state index is 12.5. The summed E-state index contributed by atoms with van der Waals surface area (Å²) in [7, 11) is 0. The minimum atomic E-state index is 0.0566. The van der Waals surface area contributed by atoms with Crippen LogP contribution in [-0.2, 0) is 0 Å². The summed E-state index contributed by atoms with van der Waals surface area (Å²) in [5.74, 6) is 0.592. The van der Waals surface area contributed by atoms with Crippen molar-refractivity contribution in [2.45, 2.75) is 58.5 Å². The van der Waals surface area contributed by atoms with Crippen molar-refractivity contribution in [2.75, 3.05) is 5.32 Å². The van der Waals surface area contributed by atoms with Crippen LogP contribution in [0.1, 0.15) is 51.1 Å². The standard InChI is InChI=1S/C16H22N4O/c1-10(2)18-16-17-9-13-11(3)8-14(21)20(15(13)19-16)12-6-4-5-7-12/h8-10,12H,4-7H2,1-3H3,(H,17,18,19). The van der Waals surface area contributed by atoms with E-state index in [2.05, 4.69) is 15.3 Å². The van der Waals surface area contributed by atoms with Gasteiger partial charge in [-0.25, -0.2) is 4.98 Å². The van der Waals surface area contributed by atoms with Gasteiger partial charge in [0, 0.05) is 29.7 Å². The molecule has 0 bridgehead atoms. The van der Waals surface area contributed by atoms with Gasteiger partial charge in [-0.05, 0) is 39.2 Å². The van der Waals surface area contributed by atoms with Crippen LogP contribution >= 0.6 is 0 Å². The molecular formula is C16H22N4O. The normalized spacial score (nSPS) is 16.0. The molecule has 0 saturated heterocycles. The summed E-state index contributed by atoms with van der Waals surface area (Å²) in [5, 5.41) is 4.18. The van der Waals surface area contributed by atoms with Crippen LogP contribution in [0.2, 0.25) is 0 Å². The summed E-state index contributed by atoms with van der Waals surface area (Å²) in [5.41, 5.74) is 1.77. The molecule has 0 aliphatic heterocycles. The average Bonchev–Trinajstić information content (AvgIpc) is 2.91. The Morgan fingerprint density at radius 3 is 2.71 bits per heavy atom. The minimum absolute atomic E-state index is 0.0566. The Kier molecular flexibility index (Phi) is 3.66. The van der Waals surface area contributed by atoms with E-state index >= 15 is 0 Å². The number of nitrogens with one attached hydrogen (secondary N) is 1. The molecular weight excluding hydrogens is 264 g/mol. The van der Waals surface area contributed by atoms with Gasteiger partial charge in [0.1, 0.15) is 5.65 Å². The lowest BCUT2D eigenvalue weighted by atomic mass is 10.1. The van der Waals surface area contributed by atoms with Crippen LogP contribution in [0, 0.1) is 6.92 Å². The summed E-state index contributed by atoms with van der Waals surface area (Å²) in [6, 6.07) is 2.25. The Hall–Kier alpha value is -1.91. The van der Waals surface area contributed by atoms with E-state index in [9.17, 15) is 4.79 Å². The van der Waals surface area contributed by atoms with Crippen LogP contribution in [0.3, 0.4) is 0 Å². The van der Waals surface area contributed by atoms with E-state index in [4.69, 9.17) is 0 Å². The molecule has 2 heterocycles. The number of hydrogen-bond acceptors (Lipinski definition) is 4. The van der Waals surface area contributed by atoms with Gasteiger partial charge in [-0.1, -0.05) is 12.8 Å². The molecule has 21 heavy (non-hydrogen) atoms. The Balaban J connectivity index is 2.20. The summed E-state index contributed by atoms with van der Waals surface area (Å²) < 4.78 is 1.88. The van der Waals surface area contributed by atoms with E-state index < -0.39 is 0 Å². The van der Waals surface area contributed by atoms with E-state index in [1.165, 1.54) is 12.8 Å². The van der Waals surface area contributed by atoms with Gasteiger partial charge in [0.25, 0.3) is 5.56 Å². The zero-order valence-corrected chi connectivity index (χ0v) is 12.9. The molecule has 3 rings (SSSR count). The van der Waals surface area contributed by atoms with Crippen molar-refractivity contribution in [1.29, 1.82) is 0 Å². The number of aromatic nitrogens is 3. The summed E-state index contributed by atoms with van der Waals surface area (Å²) >= 11 is 0. The molecule has 2 aromatic heterocycles.